The first-order chi connectivity index (χ1) is 9.08. The van der Waals surface area contributed by atoms with E-state index in [1.54, 1.807) is 0 Å². The van der Waals surface area contributed by atoms with Crippen LogP contribution in [0.25, 0.3) is 0 Å². The molecule has 0 spiro atoms. The Morgan fingerprint density at radius 3 is 2.74 bits per heavy atom. The smallest absolute Gasteiger partial charge is 0.0893 e. The third kappa shape index (κ3) is 3.37. The molecule has 0 unspecified atom stereocenters. The third-order valence-corrected chi connectivity index (χ3v) is 4.37. The topological polar surface area (TPSA) is 53.1 Å². The van der Waals surface area contributed by atoms with Gasteiger partial charge in [0, 0.05) is 13.1 Å². The minimum absolute atomic E-state index is 0.108. The second-order valence-electron chi connectivity index (χ2n) is 5.95. The summed E-state index contributed by atoms with van der Waals surface area (Å²) in [4.78, 5) is 0. The van der Waals surface area contributed by atoms with Crippen LogP contribution < -0.4 is 5.73 Å². The van der Waals surface area contributed by atoms with Crippen molar-refractivity contribution in [1.29, 1.82) is 0 Å². The van der Waals surface area contributed by atoms with E-state index in [2.05, 4.69) is 25.0 Å². The number of ether oxygens (including phenoxy) is 1. The first-order valence-corrected chi connectivity index (χ1v) is 7.46. The van der Waals surface area contributed by atoms with Gasteiger partial charge in [-0.1, -0.05) is 6.92 Å². The number of hydrogen-bond donors (Lipinski definition) is 1. The van der Waals surface area contributed by atoms with E-state index in [1.807, 2.05) is 11.6 Å². The lowest BCUT2D eigenvalue weighted by molar-refractivity contribution is -0.0819. The summed E-state index contributed by atoms with van der Waals surface area (Å²) in [6.45, 7) is 8.59. The van der Waals surface area contributed by atoms with Gasteiger partial charge in [0.2, 0.25) is 0 Å². The van der Waals surface area contributed by atoms with Gasteiger partial charge in [0.25, 0.3) is 0 Å². The predicted octanol–water partition coefficient (Wildman–Crippen LogP) is 2.64. The molecule has 108 valence electrons. The van der Waals surface area contributed by atoms with Crippen LogP contribution >= 0.6 is 0 Å². The molecule has 19 heavy (non-hydrogen) atoms. The number of aromatic nitrogens is 2. The van der Waals surface area contributed by atoms with Crippen molar-refractivity contribution in [2.24, 2.45) is 11.7 Å². The zero-order chi connectivity index (χ0) is 13.9. The van der Waals surface area contributed by atoms with Crippen molar-refractivity contribution in [3.8, 4) is 0 Å². The van der Waals surface area contributed by atoms with Crippen LogP contribution in [0.5, 0.6) is 0 Å². The Kier molecular flexibility index (Phi) is 4.63. The molecule has 1 heterocycles. The monoisotopic (exact) mass is 265 g/mol. The molecule has 4 heteroatoms. The molecular weight excluding hydrogens is 238 g/mol. The van der Waals surface area contributed by atoms with Gasteiger partial charge in [-0.3, -0.25) is 4.68 Å². The molecule has 0 atom stereocenters. The van der Waals surface area contributed by atoms with E-state index in [9.17, 15) is 0 Å². The van der Waals surface area contributed by atoms with Crippen LogP contribution in [0.15, 0.2) is 6.07 Å². The van der Waals surface area contributed by atoms with E-state index in [0.29, 0.717) is 13.2 Å². The molecule has 0 saturated heterocycles. The average Bonchev–Trinajstić information content (AvgIpc) is 2.79. The molecule has 2 N–H and O–H groups in total. The highest BCUT2D eigenvalue weighted by molar-refractivity contribution is 5.08. The van der Waals surface area contributed by atoms with Gasteiger partial charge in [-0.05, 0) is 51.5 Å². The molecule has 1 aliphatic carbocycles. The van der Waals surface area contributed by atoms with Gasteiger partial charge in [-0.15, -0.1) is 0 Å². The van der Waals surface area contributed by atoms with Crippen LogP contribution in [0.2, 0.25) is 0 Å². The molecule has 4 nitrogen and oxygen atoms in total. The van der Waals surface area contributed by atoms with Crippen molar-refractivity contribution >= 4 is 0 Å². The van der Waals surface area contributed by atoms with Gasteiger partial charge in [0.05, 0.1) is 23.6 Å². The van der Waals surface area contributed by atoms with Gasteiger partial charge in [-0.2, -0.15) is 5.10 Å². The Hall–Kier alpha value is -0.870. The summed E-state index contributed by atoms with van der Waals surface area (Å²) in [5.74, 6) is 0.812. The van der Waals surface area contributed by atoms with E-state index in [1.165, 1.54) is 12.8 Å². The van der Waals surface area contributed by atoms with Crippen LogP contribution in [0.1, 0.15) is 50.9 Å². The van der Waals surface area contributed by atoms with E-state index in [0.717, 1.165) is 36.7 Å². The molecule has 0 radical (unpaired) electrons. The maximum absolute atomic E-state index is 6.22. The Morgan fingerprint density at radius 1 is 1.47 bits per heavy atom. The predicted molar refractivity (Wildman–Crippen MR) is 76.8 cm³/mol. The lowest BCUT2D eigenvalue weighted by atomic mass is 9.79. The molecule has 1 saturated carbocycles. The molecule has 1 aromatic rings. The number of nitrogens with two attached hydrogens (primary N) is 1. The van der Waals surface area contributed by atoms with E-state index < -0.39 is 0 Å². The molecule has 0 aromatic carbocycles. The van der Waals surface area contributed by atoms with Crippen LogP contribution in [0.3, 0.4) is 0 Å². The summed E-state index contributed by atoms with van der Waals surface area (Å²) in [5, 5.41) is 4.46. The van der Waals surface area contributed by atoms with Crippen LogP contribution in [-0.4, -0.2) is 21.9 Å². The Morgan fingerprint density at radius 2 is 2.16 bits per heavy atom. The Bertz CT molecular complexity index is 406. The highest BCUT2D eigenvalue weighted by atomic mass is 16.5. The fourth-order valence-electron chi connectivity index (χ4n) is 2.91. The van der Waals surface area contributed by atoms with Crippen LogP contribution in [-0.2, 0) is 17.9 Å². The standard InChI is InChI=1S/C15H27N3O/c1-4-18-14(9-13(3)17-18)10-19-15(11-16)7-5-12(2)6-8-15/h9,12H,4-8,10-11,16H2,1-3H3. The van der Waals surface area contributed by atoms with Crippen LogP contribution in [0, 0.1) is 12.8 Å². The number of hydrogen-bond acceptors (Lipinski definition) is 3. The second-order valence-corrected chi connectivity index (χ2v) is 5.95. The van der Waals surface area contributed by atoms with Gasteiger partial charge >= 0.3 is 0 Å². The summed E-state index contributed by atoms with van der Waals surface area (Å²) in [7, 11) is 0. The molecule has 0 aliphatic heterocycles. The second kappa shape index (κ2) is 6.06. The van der Waals surface area contributed by atoms with Crippen molar-refractivity contribution in [2.75, 3.05) is 6.54 Å². The first kappa shape index (κ1) is 14.5. The van der Waals surface area contributed by atoms with E-state index in [4.69, 9.17) is 10.5 Å². The van der Waals surface area contributed by atoms with Gasteiger partial charge in [-0.25, -0.2) is 0 Å². The SMILES string of the molecule is CCn1nc(C)cc1COC1(CN)CCC(C)CC1. The number of aryl methyl sites for hydroxylation is 2. The van der Waals surface area contributed by atoms with Gasteiger partial charge < -0.3 is 10.5 Å². The zero-order valence-electron chi connectivity index (χ0n) is 12.5. The van der Waals surface area contributed by atoms with Crippen molar-refractivity contribution < 1.29 is 4.74 Å². The van der Waals surface area contributed by atoms with E-state index >= 15 is 0 Å². The minimum Gasteiger partial charge on any atom is -0.367 e. The lowest BCUT2D eigenvalue weighted by Crippen LogP contribution is -2.43. The highest BCUT2D eigenvalue weighted by Gasteiger charge is 2.34. The lowest BCUT2D eigenvalue weighted by Gasteiger charge is -2.38. The summed E-state index contributed by atoms with van der Waals surface area (Å²) in [6.07, 6.45) is 4.63. The maximum atomic E-state index is 6.22. The van der Waals surface area contributed by atoms with Crippen molar-refractivity contribution in [3.63, 3.8) is 0 Å². The molecule has 2 rings (SSSR count). The van der Waals surface area contributed by atoms with Crippen molar-refractivity contribution in [1.82, 2.24) is 9.78 Å². The zero-order valence-corrected chi connectivity index (χ0v) is 12.5. The number of rotatable bonds is 5. The summed E-state index contributed by atoms with van der Waals surface area (Å²) < 4.78 is 8.24. The highest BCUT2D eigenvalue weighted by Crippen LogP contribution is 2.34. The molecule has 1 aliphatic rings. The number of nitrogens with zero attached hydrogens (tertiary/aromatic N) is 2. The fraction of sp³-hybridized carbons (Fsp3) is 0.800. The van der Waals surface area contributed by atoms with E-state index in [-0.39, 0.29) is 5.60 Å². The molecule has 1 fully saturated rings. The molecule has 1 aromatic heterocycles. The normalized spacial score (nSPS) is 27.7. The Balaban J connectivity index is 1.99. The average molecular weight is 265 g/mol. The molecule has 0 bridgehead atoms. The minimum atomic E-state index is -0.108. The van der Waals surface area contributed by atoms with Gasteiger partial charge in [0.1, 0.15) is 0 Å². The Labute approximate surface area is 116 Å². The fourth-order valence-corrected chi connectivity index (χ4v) is 2.91. The maximum Gasteiger partial charge on any atom is 0.0893 e. The third-order valence-electron chi connectivity index (χ3n) is 4.37. The molecule has 0 amide bonds. The van der Waals surface area contributed by atoms with Crippen molar-refractivity contribution in [2.45, 2.75) is 65.2 Å². The quantitative estimate of drug-likeness (QED) is 0.890. The summed E-state index contributed by atoms with van der Waals surface area (Å²) >= 11 is 0. The first-order valence-electron chi connectivity index (χ1n) is 7.46. The molecular formula is C15H27N3O. The largest absolute Gasteiger partial charge is 0.367 e. The summed E-state index contributed by atoms with van der Waals surface area (Å²) in [5.41, 5.74) is 8.08. The van der Waals surface area contributed by atoms with Crippen molar-refractivity contribution in [3.05, 3.63) is 17.5 Å². The van der Waals surface area contributed by atoms with Crippen LogP contribution in [0.4, 0.5) is 0 Å². The summed E-state index contributed by atoms with van der Waals surface area (Å²) in [6, 6.07) is 2.11. The van der Waals surface area contributed by atoms with Gasteiger partial charge in [0.15, 0.2) is 0 Å².